The van der Waals surface area contributed by atoms with Gasteiger partial charge in [0, 0.05) is 18.9 Å². The van der Waals surface area contributed by atoms with Gasteiger partial charge < -0.3 is 10.3 Å². The van der Waals surface area contributed by atoms with E-state index in [0.717, 1.165) is 13.0 Å². The summed E-state index contributed by atoms with van der Waals surface area (Å²) in [6.45, 7) is 3.08. The van der Waals surface area contributed by atoms with Crippen LogP contribution in [0.5, 0.6) is 0 Å². The normalized spacial score (nSPS) is 10.4. The van der Waals surface area contributed by atoms with Crippen molar-refractivity contribution in [1.29, 1.82) is 0 Å². The molecule has 0 atom stereocenters. The van der Waals surface area contributed by atoms with Gasteiger partial charge in [0.25, 0.3) is 0 Å². The van der Waals surface area contributed by atoms with Gasteiger partial charge in [-0.15, -0.1) is 0 Å². The van der Waals surface area contributed by atoms with E-state index in [4.69, 9.17) is 5.73 Å². The molecule has 0 amide bonds. The van der Waals surface area contributed by atoms with Crippen molar-refractivity contribution in [2.75, 3.05) is 5.73 Å². The highest BCUT2D eigenvalue weighted by molar-refractivity contribution is 9.10. The molecule has 1 aromatic heterocycles. The first kappa shape index (κ1) is 11.3. The molecule has 78 valence electrons. The van der Waals surface area contributed by atoms with E-state index in [2.05, 4.69) is 22.9 Å². The first-order chi connectivity index (χ1) is 6.65. The van der Waals surface area contributed by atoms with Gasteiger partial charge in [-0.2, -0.15) is 0 Å². The average Bonchev–Trinajstić information content (AvgIpc) is 2.14. The summed E-state index contributed by atoms with van der Waals surface area (Å²) in [4.78, 5) is 11.3. The standard InChI is InChI=1S/C10H15BrN2O/c1-2-3-4-5-13-6-8(11)10(14)9(12)7-13/h6-7H,2-5,12H2,1H3. The van der Waals surface area contributed by atoms with E-state index in [-0.39, 0.29) is 5.43 Å². The van der Waals surface area contributed by atoms with E-state index in [1.807, 2.05) is 4.57 Å². The van der Waals surface area contributed by atoms with Gasteiger partial charge in [-0.3, -0.25) is 4.79 Å². The van der Waals surface area contributed by atoms with E-state index in [0.29, 0.717) is 10.2 Å². The van der Waals surface area contributed by atoms with Crippen molar-refractivity contribution in [2.24, 2.45) is 0 Å². The molecule has 0 aliphatic rings. The lowest BCUT2D eigenvalue weighted by Gasteiger charge is -2.07. The monoisotopic (exact) mass is 258 g/mol. The van der Waals surface area contributed by atoms with Crippen molar-refractivity contribution < 1.29 is 0 Å². The van der Waals surface area contributed by atoms with E-state index in [1.165, 1.54) is 12.8 Å². The van der Waals surface area contributed by atoms with E-state index >= 15 is 0 Å². The van der Waals surface area contributed by atoms with Gasteiger partial charge in [-0.25, -0.2) is 0 Å². The number of nitrogens with two attached hydrogens (primary N) is 1. The predicted molar refractivity (Wildman–Crippen MR) is 62.3 cm³/mol. The Morgan fingerprint density at radius 2 is 2.14 bits per heavy atom. The number of halogens is 1. The molecule has 0 unspecified atom stereocenters. The minimum atomic E-state index is -0.128. The van der Waals surface area contributed by atoms with Crippen LogP contribution in [-0.2, 0) is 6.54 Å². The molecule has 0 spiro atoms. The van der Waals surface area contributed by atoms with Crippen LogP contribution in [0.2, 0.25) is 0 Å². The number of pyridine rings is 1. The summed E-state index contributed by atoms with van der Waals surface area (Å²) in [6, 6.07) is 0. The Kier molecular flexibility index (Phi) is 4.20. The van der Waals surface area contributed by atoms with Gasteiger partial charge in [0.1, 0.15) is 0 Å². The second-order valence-electron chi connectivity index (χ2n) is 3.34. The van der Waals surface area contributed by atoms with Crippen LogP contribution in [0.25, 0.3) is 0 Å². The quantitative estimate of drug-likeness (QED) is 0.844. The Bertz CT molecular complexity index is 333. The molecule has 0 fully saturated rings. The third-order valence-electron chi connectivity index (χ3n) is 2.08. The maximum Gasteiger partial charge on any atom is 0.218 e. The lowest BCUT2D eigenvalue weighted by Crippen LogP contribution is -2.13. The van der Waals surface area contributed by atoms with Crippen LogP contribution in [0.1, 0.15) is 26.2 Å². The zero-order valence-corrected chi connectivity index (χ0v) is 9.88. The first-order valence-corrected chi connectivity index (χ1v) is 5.59. The van der Waals surface area contributed by atoms with Gasteiger partial charge in [0.15, 0.2) is 0 Å². The smallest absolute Gasteiger partial charge is 0.218 e. The van der Waals surface area contributed by atoms with Crippen LogP contribution >= 0.6 is 15.9 Å². The van der Waals surface area contributed by atoms with Crippen molar-refractivity contribution in [1.82, 2.24) is 4.57 Å². The zero-order chi connectivity index (χ0) is 10.6. The number of aryl methyl sites for hydroxylation is 1. The molecule has 3 nitrogen and oxygen atoms in total. The summed E-state index contributed by atoms with van der Waals surface area (Å²) in [7, 11) is 0. The highest BCUT2D eigenvalue weighted by atomic mass is 79.9. The lowest BCUT2D eigenvalue weighted by molar-refractivity contribution is 0.599. The van der Waals surface area contributed by atoms with Gasteiger partial charge >= 0.3 is 0 Å². The molecule has 0 bridgehead atoms. The predicted octanol–water partition coefficient (Wildman–Crippen LogP) is 2.38. The Hall–Kier alpha value is -0.770. The summed E-state index contributed by atoms with van der Waals surface area (Å²) >= 11 is 3.19. The van der Waals surface area contributed by atoms with Crippen molar-refractivity contribution >= 4 is 21.6 Å². The molecule has 0 aliphatic heterocycles. The molecule has 14 heavy (non-hydrogen) atoms. The second kappa shape index (κ2) is 5.20. The summed E-state index contributed by atoms with van der Waals surface area (Å²) in [5.41, 5.74) is 5.74. The van der Waals surface area contributed by atoms with Crippen molar-refractivity contribution in [3.63, 3.8) is 0 Å². The number of nitrogen functional groups attached to an aromatic ring is 1. The Labute approximate surface area is 92.1 Å². The van der Waals surface area contributed by atoms with Crippen LogP contribution < -0.4 is 11.2 Å². The molecular weight excluding hydrogens is 244 g/mol. The highest BCUT2D eigenvalue weighted by Gasteiger charge is 2.01. The molecular formula is C10H15BrN2O. The molecule has 0 radical (unpaired) electrons. The van der Waals surface area contributed by atoms with Crippen LogP contribution in [0.3, 0.4) is 0 Å². The molecule has 1 rings (SSSR count). The van der Waals surface area contributed by atoms with Crippen LogP contribution in [0.4, 0.5) is 5.69 Å². The number of anilines is 1. The maximum atomic E-state index is 11.3. The number of hydrogen-bond acceptors (Lipinski definition) is 2. The Morgan fingerprint density at radius 1 is 1.43 bits per heavy atom. The first-order valence-electron chi connectivity index (χ1n) is 4.80. The molecule has 0 saturated heterocycles. The minimum absolute atomic E-state index is 0.128. The fourth-order valence-corrected chi connectivity index (χ4v) is 1.78. The minimum Gasteiger partial charge on any atom is -0.394 e. The third kappa shape index (κ3) is 2.87. The van der Waals surface area contributed by atoms with Crippen LogP contribution in [0, 0.1) is 0 Å². The number of rotatable bonds is 4. The Morgan fingerprint density at radius 3 is 2.71 bits per heavy atom. The molecule has 0 saturated carbocycles. The molecule has 0 aliphatic carbocycles. The topological polar surface area (TPSA) is 48.0 Å². The molecule has 2 N–H and O–H groups in total. The summed E-state index contributed by atoms with van der Waals surface area (Å²) < 4.78 is 2.49. The van der Waals surface area contributed by atoms with Crippen molar-refractivity contribution in [2.45, 2.75) is 32.7 Å². The van der Waals surface area contributed by atoms with Crippen molar-refractivity contribution in [3.8, 4) is 0 Å². The highest BCUT2D eigenvalue weighted by Crippen LogP contribution is 2.07. The zero-order valence-electron chi connectivity index (χ0n) is 8.29. The fraction of sp³-hybridized carbons (Fsp3) is 0.500. The van der Waals surface area contributed by atoms with Gasteiger partial charge in [0.2, 0.25) is 5.43 Å². The fourth-order valence-electron chi connectivity index (χ4n) is 1.29. The summed E-state index contributed by atoms with van der Waals surface area (Å²) in [5, 5.41) is 0. The van der Waals surface area contributed by atoms with Gasteiger partial charge in [-0.1, -0.05) is 19.8 Å². The van der Waals surface area contributed by atoms with Crippen molar-refractivity contribution in [3.05, 3.63) is 27.1 Å². The molecule has 1 heterocycles. The molecule has 0 aromatic carbocycles. The van der Waals surface area contributed by atoms with E-state index in [1.54, 1.807) is 12.4 Å². The second-order valence-corrected chi connectivity index (χ2v) is 4.19. The summed E-state index contributed by atoms with van der Waals surface area (Å²) in [6.07, 6.45) is 6.99. The summed E-state index contributed by atoms with van der Waals surface area (Å²) in [5.74, 6) is 0. The SMILES string of the molecule is CCCCCn1cc(N)c(=O)c(Br)c1. The van der Waals surface area contributed by atoms with E-state index in [9.17, 15) is 4.79 Å². The van der Waals surface area contributed by atoms with Crippen LogP contribution in [0.15, 0.2) is 21.7 Å². The number of hydrogen-bond donors (Lipinski definition) is 1. The Balaban J connectivity index is 2.74. The number of nitrogens with zero attached hydrogens (tertiary/aromatic N) is 1. The largest absolute Gasteiger partial charge is 0.394 e. The van der Waals surface area contributed by atoms with E-state index < -0.39 is 0 Å². The lowest BCUT2D eigenvalue weighted by atomic mass is 10.2. The molecule has 4 heteroatoms. The number of unbranched alkanes of at least 4 members (excludes halogenated alkanes) is 2. The molecule has 1 aromatic rings. The van der Waals surface area contributed by atoms with Gasteiger partial charge in [0.05, 0.1) is 10.2 Å². The third-order valence-corrected chi connectivity index (χ3v) is 2.65. The maximum absolute atomic E-state index is 11.3. The van der Waals surface area contributed by atoms with Crippen LogP contribution in [-0.4, -0.2) is 4.57 Å². The average molecular weight is 259 g/mol. The number of aromatic nitrogens is 1. The van der Waals surface area contributed by atoms with Gasteiger partial charge in [-0.05, 0) is 22.4 Å².